The molecular weight excluding hydrogens is 368 g/mol. The number of hydrogen-bond donors (Lipinski definition) is 1. The highest BCUT2D eigenvalue weighted by molar-refractivity contribution is 7.89. The SMILES string of the molecule is O=C(NCC1CCCN1S(=O)(=O)c1ccccc1)c1ccc2c(c1)OCO2. The van der Waals surface area contributed by atoms with Gasteiger partial charge in [-0.3, -0.25) is 4.79 Å². The number of ether oxygens (including phenoxy) is 2. The molecule has 1 N–H and O–H groups in total. The van der Waals surface area contributed by atoms with Crippen LogP contribution in [0.2, 0.25) is 0 Å². The van der Waals surface area contributed by atoms with Crippen molar-refractivity contribution in [2.24, 2.45) is 0 Å². The van der Waals surface area contributed by atoms with E-state index >= 15 is 0 Å². The molecule has 2 aromatic rings. The Bertz CT molecular complexity index is 946. The number of benzene rings is 2. The monoisotopic (exact) mass is 388 g/mol. The van der Waals surface area contributed by atoms with Crippen molar-refractivity contribution in [1.82, 2.24) is 9.62 Å². The number of fused-ring (bicyclic) bond motifs is 1. The second kappa shape index (κ2) is 7.21. The largest absolute Gasteiger partial charge is 0.454 e. The fraction of sp³-hybridized carbons (Fsp3) is 0.316. The molecule has 1 amide bonds. The van der Waals surface area contributed by atoms with Gasteiger partial charge in [0.05, 0.1) is 4.90 Å². The van der Waals surface area contributed by atoms with Crippen LogP contribution in [-0.4, -0.2) is 44.6 Å². The molecule has 2 heterocycles. The lowest BCUT2D eigenvalue weighted by atomic mass is 10.1. The summed E-state index contributed by atoms with van der Waals surface area (Å²) in [6.07, 6.45) is 1.49. The van der Waals surface area contributed by atoms with Gasteiger partial charge >= 0.3 is 0 Å². The third-order valence-corrected chi connectivity index (χ3v) is 6.77. The smallest absolute Gasteiger partial charge is 0.251 e. The van der Waals surface area contributed by atoms with E-state index in [9.17, 15) is 13.2 Å². The van der Waals surface area contributed by atoms with Gasteiger partial charge in [0.15, 0.2) is 11.5 Å². The van der Waals surface area contributed by atoms with Crippen molar-refractivity contribution in [1.29, 1.82) is 0 Å². The number of carbonyl (C=O) groups is 1. The Morgan fingerprint density at radius 2 is 1.89 bits per heavy atom. The number of nitrogens with one attached hydrogen (secondary N) is 1. The molecule has 0 bridgehead atoms. The van der Waals surface area contributed by atoms with Crippen LogP contribution in [0.25, 0.3) is 0 Å². The Hall–Kier alpha value is -2.58. The predicted octanol–water partition coefficient (Wildman–Crippen LogP) is 2.00. The van der Waals surface area contributed by atoms with Gasteiger partial charge in [0.2, 0.25) is 16.8 Å². The molecule has 2 aliphatic heterocycles. The molecular formula is C19H20N2O5S. The highest BCUT2D eigenvalue weighted by atomic mass is 32.2. The van der Waals surface area contributed by atoms with Gasteiger partial charge in [-0.15, -0.1) is 0 Å². The summed E-state index contributed by atoms with van der Waals surface area (Å²) in [5, 5.41) is 2.84. The molecule has 2 aliphatic rings. The van der Waals surface area contributed by atoms with Crippen LogP contribution in [-0.2, 0) is 10.0 Å². The topological polar surface area (TPSA) is 84.9 Å². The Kier molecular flexibility index (Phi) is 4.75. The zero-order chi connectivity index (χ0) is 18.9. The number of rotatable bonds is 5. The maximum Gasteiger partial charge on any atom is 0.251 e. The molecule has 0 saturated carbocycles. The molecule has 8 heteroatoms. The lowest BCUT2D eigenvalue weighted by molar-refractivity contribution is 0.0946. The van der Waals surface area contributed by atoms with E-state index in [1.165, 1.54) is 4.31 Å². The van der Waals surface area contributed by atoms with E-state index < -0.39 is 10.0 Å². The first-order valence-corrected chi connectivity index (χ1v) is 10.2. The van der Waals surface area contributed by atoms with E-state index in [4.69, 9.17) is 9.47 Å². The third-order valence-electron chi connectivity index (χ3n) is 4.81. The summed E-state index contributed by atoms with van der Waals surface area (Å²) in [6.45, 7) is 0.871. The van der Waals surface area contributed by atoms with Crippen LogP contribution in [0, 0.1) is 0 Å². The fourth-order valence-electron chi connectivity index (χ4n) is 3.41. The van der Waals surface area contributed by atoms with Gasteiger partial charge in [0.1, 0.15) is 0 Å². The fourth-order valence-corrected chi connectivity index (χ4v) is 5.12. The minimum atomic E-state index is -3.56. The van der Waals surface area contributed by atoms with Crippen molar-refractivity contribution in [2.75, 3.05) is 19.9 Å². The summed E-state index contributed by atoms with van der Waals surface area (Å²) in [5.74, 6) is 0.886. The molecule has 27 heavy (non-hydrogen) atoms. The zero-order valence-electron chi connectivity index (χ0n) is 14.6. The van der Waals surface area contributed by atoms with Crippen molar-refractivity contribution >= 4 is 15.9 Å². The first-order chi connectivity index (χ1) is 13.1. The van der Waals surface area contributed by atoms with Gasteiger partial charge in [0, 0.05) is 24.7 Å². The minimum Gasteiger partial charge on any atom is -0.454 e. The number of carbonyl (C=O) groups excluding carboxylic acids is 1. The Morgan fingerprint density at radius 3 is 2.70 bits per heavy atom. The number of sulfonamides is 1. The second-order valence-electron chi connectivity index (χ2n) is 6.50. The normalized spacial score (nSPS) is 19.2. The Labute approximate surface area is 157 Å². The van der Waals surface area contributed by atoms with E-state index in [2.05, 4.69) is 5.32 Å². The average molecular weight is 388 g/mol. The Morgan fingerprint density at radius 1 is 1.11 bits per heavy atom. The molecule has 1 unspecified atom stereocenters. The van der Waals surface area contributed by atoms with Crippen LogP contribution in [0.15, 0.2) is 53.4 Å². The highest BCUT2D eigenvalue weighted by Crippen LogP contribution is 2.32. The summed E-state index contributed by atoms with van der Waals surface area (Å²) in [7, 11) is -3.56. The van der Waals surface area contributed by atoms with Gasteiger partial charge < -0.3 is 14.8 Å². The first-order valence-electron chi connectivity index (χ1n) is 8.80. The second-order valence-corrected chi connectivity index (χ2v) is 8.39. The van der Waals surface area contributed by atoms with E-state index in [0.29, 0.717) is 30.0 Å². The lowest BCUT2D eigenvalue weighted by Crippen LogP contribution is -2.43. The highest BCUT2D eigenvalue weighted by Gasteiger charge is 2.35. The van der Waals surface area contributed by atoms with E-state index in [-0.39, 0.29) is 30.2 Å². The van der Waals surface area contributed by atoms with Crippen LogP contribution in [0.4, 0.5) is 0 Å². The van der Waals surface area contributed by atoms with Gasteiger partial charge in [-0.25, -0.2) is 8.42 Å². The molecule has 0 aliphatic carbocycles. The van der Waals surface area contributed by atoms with Gasteiger partial charge in [-0.05, 0) is 43.2 Å². The molecule has 1 fully saturated rings. The molecule has 0 aromatic heterocycles. The summed E-state index contributed by atoms with van der Waals surface area (Å²) >= 11 is 0. The van der Waals surface area contributed by atoms with Gasteiger partial charge in [0.25, 0.3) is 5.91 Å². The first kappa shape index (κ1) is 17.8. The van der Waals surface area contributed by atoms with Crippen molar-refractivity contribution in [3.8, 4) is 11.5 Å². The summed E-state index contributed by atoms with van der Waals surface area (Å²) in [6, 6.07) is 13.1. The van der Waals surface area contributed by atoms with Crippen molar-refractivity contribution < 1.29 is 22.7 Å². The molecule has 142 valence electrons. The van der Waals surface area contributed by atoms with Gasteiger partial charge in [-0.1, -0.05) is 18.2 Å². The van der Waals surface area contributed by atoms with E-state index in [1.807, 2.05) is 0 Å². The summed E-state index contributed by atoms with van der Waals surface area (Å²) < 4.78 is 37.8. The average Bonchev–Trinajstić information content (AvgIpc) is 3.35. The van der Waals surface area contributed by atoms with Crippen molar-refractivity contribution in [2.45, 2.75) is 23.8 Å². The van der Waals surface area contributed by atoms with Crippen LogP contribution in [0.5, 0.6) is 11.5 Å². The number of hydrogen-bond acceptors (Lipinski definition) is 5. The van der Waals surface area contributed by atoms with Crippen LogP contribution in [0.3, 0.4) is 0 Å². The van der Waals surface area contributed by atoms with E-state index in [0.717, 1.165) is 6.42 Å². The van der Waals surface area contributed by atoms with Gasteiger partial charge in [-0.2, -0.15) is 4.31 Å². The van der Waals surface area contributed by atoms with E-state index in [1.54, 1.807) is 48.5 Å². The molecule has 2 aromatic carbocycles. The quantitative estimate of drug-likeness (QED) is 0.847. The minimum absolute atomic E-state index is 0.148. The molecule has 7 nitrogen and oxygen atoms in total. The Balaban J connectivity index is 1.44. The van der Waals surface area contributed by atoms with Crippen LogP contribution >= 0.6 is 0 Å². The molecule has 0 spiro atoms. The third kappa shape index (κ3) is 3.50. The summed E-state index contributed by atoms with van der Waals surface area (Å²) in [5.41, 5.74) is 0.453. The number of nitrogens with zero attached hydrogens (tertiary/aromatic N) is 1. The van der Waals surface area contributed by atoms with Crippen molar-refractivity contribution in [3.63, 3.8) is 0 Å². The maximum absolute atomic E-state index is 12.9. The lowest BCUT2D eigenvalue weighted by Gasteiger charge is -2.24. The van der Waals surface area contributed by atoms with Crippen LogP contribution in [0.1, 0.15) is 23.2 Å². The predicted molar refractivity (Wildman–Crippen MR) is 98.3 cm³/mol. The van der Waals surface area contributed by atoms with Crippen LogP contribution < -0.4 is 14.8 Å². The summed E-state index contributed by atoms with van der Waals surface area (Å²) in [4.78, 5) is 12.7. The molecule has 4 rings (SSSR count). The standard InChI is InChI=1S/C19H20N2O5S/c22-19(14-8-9-17-18(11-14)26-13-25-17)20-12-15-5-4-10-21(15)27(23,24)16-6-2-1-3-7-16/h1-3,6-9,11,15H,4-5,10,12-13H2,(H,20,22). The number of amides is 1. The molecule has 1 saturated heterocycles. The zero-order valence-corrected chi connectivity index (χ0v) is 15.4. The molecule has 0 radical (unpaired) electrons. The van der Waals surface area contributed by atoms with Crippen molar-refractivity contribution in [3.05, 3.63) is 54.1 Å². The molecule has 1 atom stereocenters. The maximum atomic E-state index is 12.9.